The van der Waals surface area contributed by atoms with E-state index in [0.717, 1.165) is 0 Å². The Kier molecular flexibility index (Phi) is 3.86. The Morgan fingerprint density at radius 1 is 1.04 bits per heavy atom. The molecule has 0 atom stereocenters. The van der Waals surface area contributed by atoms with Crippen LogP contribution < -0.4 is 11.3 Å². The third-order valence-corrected chi connectivity index (χ3v) is 3.11. The van der Waals surface area contributed by atoms with Gasteiger partial charge in [0.15, 0.2) is 17.3 Å². The largest absolute Gasteiger partial charge is 0.504 e. The van der Waals surface area contributed by atoms with Crippen LogP contribution in [0.1, 0.15) is 20.7 Å². The van der Waals surface area contributed by atoms with E-state index < -0.39 is 68.7 Å². The van der Waals surface area contributed by atoms with Crippen molar-refractivity contribution >= 4 is 17.8 Å². The first-order valence-electron chi connectivity index (χ1n) is 6.00. The van der Waals surface area contributed by atoms with Crippen molar-refractivity contribution in [1.82, 2.24) is 4.98 Å². The third kappa shape index (κ3) is 2.37. The molecule has 9 nitrogen and oxygen atoms in total. The lowest BCUT2D eigenvalue weighted by Gasteiger charge is -2.14. The number of pyridine rings is 1. The highest BCUT2D eigenvalue weighted by Crippen LogP contribution is 2.40. The van der Waals surface area contributed by atoms with Crippen LogP contribution in [0.4, 0.5) is 14.6 Å². The smallest absolute Gasteiger partial charge is 0.342 e. The summed E-state index contributed by atoms with van der Waals surface area (Å²) in [4.78, 5) is 36.2. The number of rotatable bonds is 3. The maximum absolute atomic E-state index is 13.7. The van der Waals surface area contributed by atoms with Gasteiger partial charge in [-0.25, -0.2) is 14.0 Å². The van der Waals surface area contributed by atoms with E-state index in [0.29, 0.717) is 0 Å². The van der Waals surface area contributed by atoms with Crippen molar-refractivity contribution in [2.45, 2.75) is 0 Å². The molecule has 126 valence electrons. The number of carbonyl (C=O) groups is 2. The van der Waals surface area contributed by atoms with E-state index in [4.69, 9.17) is 15.9 Å². The SMILES string of the molecule is Nc1[nH]c(=O)c(C(=O)O)c(-c2cc(F)c(O)c(F)c2O)c1C(=O)O. The van der Waals surface area contributed by atoms with Crippen molar-refractivity contribution in [2.75, 3.05) is 5.73 Å². The predicted molar refractivity (Wildman–Crippen MR) is 74.1 cm³/mol. The molecule has 0 saturated carbocycles. The number of nitrogen functional groups attached to an aromatic ring is 1. The minimum Gasteiger partial charge on any atom is -0.504 e. The number of hydrogen-bond acceptors (Lipinski definition) is 6. The zero-order chi connectivity index (χ0) is 18.3. The number of phenols is 2. The highest BCUT2D eigenvalue weighted by molar-refractivity contribution is 6.08. The van der Waals surface area contributed by atoms with Crippen LogP contribution in [0.5, 0.6) is 11.5 Å². The monoisotopic (exact) mass is 342 g/mol. The predicted octanol–water partition coefficient (Wildman–Crippen LogP) is 0.710. The van der Waals surface area contributed by atoms with Gasteiger partial charge in [-0.2, -0.15) is 4.39 Å². The molecule has 2 rings (SSSR count). The van der Waals surface area contributed by atoms with E-state index in [-0.39, 0.29) is 6.07 Å². The molecule has 2 aromatic rings. The Morgan fingerprint density at radius 3 is 2.08 bits per heavy atom. The molecular formula is C13H8F2N2O7. The second-order valence-electron chi connectivity index (χ2n) is 4.52. The number of phenolic OH excluding ortho intramolecular Hbond substituents is 2. The minimum absolute atomic E-state index is 0.279. The summed E-state index contributed by atoms with van der Waals surface area (Å²) in [5, 5.41) is 37.1. The first-order valence-corrected chi connectivity index (χ1v) is 6.00. The summed E-state index contributed by atoms with van der Waals surface area (Å²) < 4.78 is 27.2. The first-order chi connectivity index (χ1) is 11.1. The van der Waals surface area contributed by atoms with Crippen molar-refractivity contribution in [2.24, 2.45) is 0 Å². The van der Waals surface area contributed by atoms with E-state index >= 15 is 0 Å². The van der Waals surface area contributed by atoms with Gasteiger partial charge < -0.3 is 31.1 Å². The zero-order valence-corrected chi connectivity index (χ0v) is 11.4. The van der Waals surface area contributed by atoms with Gasteiger partial charge in [0, 0.05) is 11.1 Å². The lowest BCUT2D eigenvalue weighted by molar-refractivity contribution is 0.0695. The molecule has 11 heteroatoms. The molecule has 0 bridgehead atoms. The molecule has 7 N–H and O–H groups in total. The van der Waals surface area contributed by atoms with Crippen LogP contribution in [0.25, 0.3) is 11.1 Å². The summed E-state index contributed by atoms with van der Waals surface area (Å²) in [5.74, 6) is -11.0. The zero-order valence-electron chi connectivity index (χ0n) is 11.4. The number of carboxylic acid groups (broad SMARTS) is 2. The van der Waals surface area contributed by atoms with Gasteiger partial charge in [0.2, 0.25) is 5.82 Å². The quantitative estimate of drug-likeness (QED) is 0.473. The number of benzene rings is 1. The topological polar surface area (TPSA) is 174 Å². The molecule has 0 unspecified atom stereocenters. The van der Waals surface area contributed by atoms with Crippen molar-refractivity contribution in [1.29, 1.82) is 0 Å². The molecule has 0 fully saturated rings. The van der Waals surface area contributed by atoms with Gasteiger partial charge in [-0.05, 0) is 6.07 Å². The number of nitrogens with two attached hydrogens (primary N) is 1. The Balaban J connectivity index is 3.12. The van der Waals surface area contributed by atoms with Crippen LogP contribution in [0, 0.1) is 11.6 Å². The van der Waals surface area contributed by atoms with Crippen molar-refractivity contribution in [3.8, 4) is 22.6 Å². The lowest BCUT2D eigenvalue weighted by atomic mass is 9.94. The molecule has 1 aromatic heterocycles. The fraction of sp³-hybridized carbons (Fsp3) is 0. The molecular weight excluding hydrogens is 334 g/mol. The summed E-state index contributed by atoms with van der Waals surface area (Å²) >= 11 is 0. The fourth-order valence-corrected chi connectivity index (χ4v) is 2.11. The molecule has 0 saturated heterocycles. The van der Waals surface area contributed by atoms with Gasteiger partial charge >= 0.3 is 11.9 Å². The van der Waals surface area contributed by atoms with Gasteiger partial charge in [0.1, 0.15) is 16.9 Å². The van der Waals surface area contributed by atoms with Crippen LogP contribution in [-0.4, -0.2) is 37.3 Å². The standard InChI is InChI=1S/C13H8F2N2O7/c14-3-1-2(8(18)7(15)9(3)19)4-5(12(21)22)10(16)17-11(20)6(4)13(23)24/h1,18-19H,(H,21,22)(H,23,24)(H3,16,17,20). The molecule has 24 heavy (non-hydrogen) atoms. The number of H-pyrrole nitrogens is 1. The highest BCUT2D eigenvalue weighted by atomic mass is 19.1. The van der Waals surface area contributed by atoms with Gasteiger partial charge in [-0.15, -0.1) is 0 Å². The second kappa shape index (κ2) is 5.53. The summed E-state index contributed by atoms with van der Waals surface area (Å²) in [6, 6.07) is 0.279. The third-order valence-electron chi connectivity index (χ3n) is 3.11. The van der Waals surface area contributed by atoms with Gasteiger partial charge in [-0.1, -0.05) is 0 Å². The minimum atomic E-state index is -1.93. The summed E-state index contributed by atoms with van der Waals surface area (Å²) in [5.41, 5.74) is -0.201. The van der Waals surface area contributed by atoms with Crippen LogP contribution in [0.3, 0.4) is 0 Å². The van der Waals surface area contributed by atoms with Gasteiger partial charge in [0.05, 0.1) is 0 Å². The fourth-order valence-electron chi connectivity index (χ4n) is 2.11. The molecule has 0 spiro atoms. The Hall–Kier alpha value is -3.63. The van der Waals surface area contributed by atoms with E-state index in [1.54, 1.807) is 4.98 Å². The summed E-state index contributed by atoms with van der Waals surface area (Å²) in [6.45, 7) is 0. The van der Waals surface area contributed by atoms with E-state index in [1.807, 2.05) is 0 Å². The molecule has 0 amide bonds. The van der Waals surface area contributed by atoms with Crippen LogP contribution in [0.15, 0.2) is 10.9 Å². The van der Waals surface area contributed by atoms with Crippen molar-refractivity contribution in [3.63, 3.8) is 0 Å². The van der Waals surface area contributed by atoms with Gasteiger partial charge in [0.25, 0.3) is 5.56 Å². The average molecular weight is 342 g/mol. The van der Waals surface area contributed by atoms with E-state index in [9.17, 15) is 33.4 Å². The number of aromatic nitrogens is 1. The molecule has 0 aliphatic rings. The molecule has 0 radical (unpaired) electrons. The number of halogens is 2. The molecule has 0 aliphatic heterocycles. The second-order valence-corrected chi connectivity index (χ2v) is 4.52. The van der Waals surface area contributed by atoms with Gasteiger partial charge in [-0.3, -0.25) is 4.79 Å². The Bertz CT molecular complexity index is 953. The van der Waals surface area contributed by atoms with E-state index in [1.165, 1.54) is 0 Å². The summed E-state index contributed by atoms with van der Waals surface area (Å²) in [6.07, 6.45) is 0. The average Bonchev–Trinajstić information content (AvgIpc) is 2.47. The number of aromatic amines is 1. The number of nitrogens with one attached hydrogen (secondary N) is 1. The highest BCUT2D eigenvalue weighted by Gasteiger charge is 2.30. The lowest BCUT2D eigenvalue weighted by Crippen LogP contribution is -2.24. The maximum atomic E-state index is 13.7. The Morgan fingerprint density at radius 2 is 1.58 bits per heavy atom. The number of aromatic hydroxyl groups is 2. The maximum Gasteiger partial charge on any atom is 0.342 e. The van der Waals surface area contributed by atoms with Crippen LogP contribution >= 0.6 is 0 Å². The van der Waals surface area contributed by atoms with Crippen molar-refractivity contribution in [3.05, 3.63) is 39.2 Å². The molecule has 0 aliphatic carbocycles. The number of anilines is 1. The number of aromatic carboxylic acids is 2. The molecule has 1 aromatic carbocycles. The van der Waals surface area contributed by atoms with E-state index in [2.05, 4.69) is 0 Å². The normalized spacial score (nSPS) is 10.6. The first kappa shape index (κ1) is 16.7. The Labute approximate surface area is 130 Å². The summed E-state index contributed by atoms with van der Waals surface area (Å²) in [7, 11) is 0. The number of hydrogen-bond donors (Lipinski definition) is 6. The molecule has 1 heterocycles. The van der Waals surface area contributed by atoms with Crippen molar-refractivity contribution < 1.29 is 38.8 Å². The number of carboxylic acids is 2. The van der Waals surface area contributed by atoms with Crippen LogP contribution in [0.2, 0.25) is 0 Å². The van der Waals surface area contributed by atoms with Crippen LogP contribution in [-0.2, 0) is 0 Å².